The van der Waals surface area contributed by atoms with E-state index in [1.165, 1.54) is 0 Å². The Labute approximate surface area is 94.1 Å². The third-order valence-electron chi connectivity index (χ3n) is 3.73. The van der Waals surface area contributed by atoms with Crippen molar-refractivity contribution < 1.29 is 4.79 Å². The zero-order valence-corrected chi connectivity index (χ0v) is 8.81. The molecule has 1 aromatic carbocycles. The van der Waals surface area contributed by atoms with Crippen molar-refractivity contribution in [2.75, 3.05) is 0 Å². The maximum atomic E-state index is 11.8. The van der Waals surface area contributed by atoms with E-state index >= 15 is 0 Å². The van der Waals surface area contributed by atoms with Crippen LogP contribution in [0.3, 0.4) is 0 Å². The summed E-state index contributed by atoms with van der Waals surface area (Å²) < 4.78 is 0. The number of amides is 1. The van der Waals surface area contributed by atoms with Crippen LogP contribution in [0, 0.1) is 17.2 Å². The van der Waals surface area contributed by atoms with E-state index in [1.807, 2.05) is 24.3 Å². The fraction of sp³-hybridized carbons (Fsp3) is 0.385. The Morgan fingerprint density at radius 1 is 1.44 bits per heavy atom. The minimum atomic E-state index is 0.0345. The molecule has 3 heteroatoms. The van der Waals surface area contributed by atoms with Gasteiger partial charge in [0.1, 0.15) is 0 Å². The number of hydrogen-bond acceptors (Lipinski definition) is 2. The van der Waals surface area contributed by atoms with Gasteiger partial charge in [0.25, 0.3) is 5.91 Å². The van der Waals surface area contributed by atoms with E-state index < -0.39 is 0 Å². The van der Waals surface area contributed by atoms with E-state index in [4.69, 9.17) is 5.26 Å². The maximum absolute atomic E-state index is 11.8. The van der Waals surface area contributed by atoms with Gasteiger partial charge in [-0.2, -0.15) is 5.26 Å². The largest absolute Gasteiger partial charge is 0.349 e. The molecule has 0 aromatic heterocycles. The average Bonchev–Trinajstić information content (AvgIpc) is 2.27. The third kappa shape index (κ3) is 1.16. The fourth-order valence-corrected chi connectivity index (χ4v) is 2.94. The molecular weight excluding hydrogens is 200 g/mol. The highest BCUT2D eigenvalue weighted by Crippen LogP contribution is 2.47. The molecule has 1 fully saturated rings. The normalized spacial score (nSPS) is 30.4. The second kappa shape index (κ2) is 3.34. The molecule has 1 saturated carbocycles. The molecule has 1 aliphatic heterocycles. The molecule has 3 atom stereocenters. The van der Waals surface area contributed by atoms with Crippen LogP contribution in [0.15, 0.2) is 24.3 Å². The molecule has 3 unspecified atom stereocenters. The molecule has 0 saturated heterocycles. The molecule has 0 spiro atoms. The highest BCUT2D eigenvalue weighted by atomic mass is 16.1. The summed E-state index contributed by atoms with van der Waals surface area (Å²) in [5.74, 6) is 0.803. The van der Waals surface area contributed by atoms with E-state index in [0.29, 0.717) is 18.3 Å². The number of nitrogens with zero attached hydrogens (tertiary/aromatic N) is 1. The smallest absolute Gasteiger partial charge is 0.251 e. The SMILES string of the molecule is N#CCC1CC2NC(=O)c3ccccc3C12. The highest BCUT2D eigenvalue weighted by molar-refractivity contribution is 5.97. The quantitative estimate of drug-likeness (QED) is 0.772. The van der Waals surface area contributed by atoms with Crippen LogP contribution < -0.4 is 5.32 Å². The lowest BCUT2D eigenvalue weighted by Gasteiger charge is -2.47. The van der Waals surface area contributed by atoms with Crippen LogP contribution in [0.5, 0.6) is 0 Å². The van der Waals surface area contributed by atoms with Crippen LogP contribution in [-0.4, -0.2) is 11.9 Å². The highest BCUT2D eigenvalue weighted by Gasteiger charge is 2.46. The number of benzene rings is 1. The van der Waals surface area contributed by atoms with Crippen LogP contribution in [0.4, 0.5) is 0 Å². The number of nitriles is 1. The van der Waals surface area contributed by atoms with Crippen molar-refractivity contribution in [2.24, 2.45) is 5.92 Å². The van der Waals surface area contributed by atoms with E-state index in [1.54, 1.807) is 0 Å². The van der Waals surface area contributed by atoms with Crippen molar-refractivity contribution in [1.82, 2.24) is 5.32 Å². The first-order valence-electron chi connectivity index (χ1n) is 5.58. The van der Waals surface area contributed by atoms with Crippen LogP contribution in [0.1, 0.15) is 34.7 Å². The lowest BCUT2D eigenvalue weighted by Crippen LogP contribution is -2.54. The van der Waals surface area contributed by atoms with Crippen LogP contribution >= 0.6 is 0 Å². The second-order valence-corrected chi connectivity index (χ2v) is 4.55. The van der Waals surface area contributed by atoms with Gasteiger partial charge in [0.15, 0.2) is 0 Å². The lowest BCUT2D eigenvalue weighted by atomic mass is 9.62. The third-order valence-corrected chi connectivity index (χ3v) is 3.73. The zero-order valence-electron chi connectivity index (χ0n) is 8.81. The summed E-state index contributed by atoms with van der Waals surface area (Å²) in [6.07, 6.45) is 1.53. The van der Waals surface area contributed by atoms with Gasteiger partial charge in [0.2, 0.25) is 0 Å². The molecule has 1 aliphatic carbocycles. The van der Waals surface area contributed by atoms with E-state index in [2.05, 4.69) is 11.4 Å². The van der Waals surface area contributed by atoms with Gasteiger partial charge in [-0.1, -0.05) is 18.2 Å². The summed E-state index contributed by atoms with van der Waals surface area (Å²) >= 11 is 0. The monoisotopic (exact) mass is 212 g/mol. The number of hydrogen-bond donors (Lipinski definition) is 1. The topological polar surface area (TPSA) is 52.9 Å². The zero-order chi connectivity index (χ0) is 11.1. The predicted octanol–water partition coefficient (Wildman–Crippen LogP) is 1.82. The summed E-state index contributed by atoms with van der Waals surface area (Å²) in [6, 6.07) is 10.2. The molecule has 0 radical (unpaired) electrons. The summed E-state index contributed by atoms with van der Waals surface area (Å²) in [5, 5.41) is 11.8. The molecule has 3 rings (SSSR count). The molecule has 80 valence electrons. The van der Waals surface area contributed by atoms with E-state index in [0.717, 1.165) is 17.5 Å². The Morgan fingerprint density at radius 3 is 3.06 bits per heavy atom. The van der Waals surface area contributed by atoms with Crippen molar-refractivity contribution in [2.45, 2.75) is 24.8 Å². The van der Waals surface area contributed by atoms with Gasteiger partial charge < -0.3 is 5.32 Å². The maximum Gasteiger partial charge on any atom is 0.251 e. The van der Waals surface area contributed by atoms with Crippen molar-refractivity contribution in [3.63, 3.8) is 0 Å². The van der Waals surface area contributed by atoms with Crippen LogP contribution in [-0.2, 0) is 0 Å². The van der Waals surface area contributed by atoms with Gasteiger partial charge in [0, 0.05) is 23.9 Å². The summed E-state index contributed by atoms with van der Waals surface area (Å²) in [5.41, 5.74) is 1.91. The number of carbonyl (C=O) groups is 1. The Kier molecular flexibility index (Phi) is 1.97. The minimum absolute atomic E-state index is 0.0345. The standard InChI is InChI=1S/C13H12N2O/c14-6-5-8-7-11-12(8)9-3-1-2-4-10(9)13(16)15-11/h1-4,8,11-12H,5,7H2,(H,15,16). The van der Waals surface area contributed by atoms with Crippen LogP contribution in [0.2, 0.25) is 0 Å². The minimum Gasteiger partial charge on any atom is -0.349 e. The van der Waals surface area contributed by atoms with Crippen molar-refractivity contribution in [3.8, 4) is 6.07 Å². The molecule has 1 aromatic rings. The van der Waals surface area contributed by atoms with Gasteiger partial charge in [-0.05, 0) is 24.0 Å². The number of carbonyl (C=O) groups excluding carboxylic acids is 1. The van der Waals surface area contributed by atoms with Gasteiger partial charge in [-0.25, -0.2) is 0 Å². The molecule has 1 heterocycles. The molecule has 16 heavy (non-hydrogen) atoms. The molecule has 1 N–H and O–H groups in total. The lowest BCUT2D eigenvalue weighted by molar-refractivity contribution is 0.0813. The Balaban J connectivity index is 2.00. The summed E-state index contributed by atoms with van der Waals surface area (Å²) in [7, 11) is 0. The Bertz CT molecular complexity index is 489. The molecular formula is C13H12N2O. The first kappa shape index (κ1) is 9.41. The van der Waals surface area contributed by atoms with Crippen molar-refractivity contribution in [3.05, 3.63) is 35.4 Å². The Hall–Kier alpha value is -1.82. The molecule has 0 bridgehead atoms. The van der Waals surface area contributed by atoms with Crippen molar-refractivity contribution in [1.29, 1.82) is 5.26 Å². The summed E-state index contributed by atoms with van der Waals surface area (Å²) in [6.45, 7) is 0. The Morgan fingerprint density at radius 2 is 2.25 bits per heavy atom. The fourth-order valence-electron chi connectivity index (χ4n) is 2.94. The number of rotatable bonds is 1. The van der Waals surface area contributed by atoms with Gasteiger partial charge in [0.05, 0.1) is 6.07 Å². The predicted molar refractivity (Wildman–Crippen MR) is 58.8 cm³/mol. The van der Waals surface area contributed by atoms with Gasteiger partial charge >= 0.3 is 0 Å². The molecule has 3 nitrogen and oxygen atoms in total. The van der Waals surface area contributed by atoms with Crippen LogP contribution in [0.25, 0.3) is 0 Å². The van der Waals surface area contributed by atoms with Gasteiger partial charge in [-0.15, -0.1) is 0 Å². The average molecular weight is 212 g/mol. The number of nitrogens with one attached hydrogen (secondary N) is 1. The van der Waals surface area contributed by atoms with E-state index in [-0.39, 0.29) is 11.9 Å². The summed E-state index contributed by atoms with van der Waals surface area (Å²) in [4.78, 5) is 11.8. The van der Waals surface area contributed by atoms with Gasteiger partial charge in [-0.3, -0.25) is 4.79 Å². The first-order valence-corrected chi connectivity index (χ1v) is 5.58. The second-order valence-electron chi connectivity index (χ2n) is 4.55. The van der Waals surface area contributed by atoms with Crippen molar-refractivity contribution >= 4 is 5.91 Å². The number of fused-ring (bicyclic) bond motifs is 3. The van der Waals surface area contributed by atoms with E-state index in [9.17, 15) is 4.79 Å². The first-order chi connectivity index (χ1) is 7.81. The molecule has 2 aliphatic rings. The molecule has 1 amide bonds.